The van der Waals surface area contributed by atoms with Crippen LogP contribution in [0.15, 0.2) is 24.3 Å². The van der Waals surface area contributed by atoms with Gasteiger partial charge in [-0.15, -0.1) is 0 Å². The van der Waals surface area contributed by atoms with Crippen molar-refractivity contribution < 1.29 is 9.47 Å². The van der Waals surface area contributed by atoms with Crippen molar-refractivity contribution >= 4 is 0 Å². The van der Waals surface area contributed by atoms with Crippen LogP contribution in [0, 0.1) is 0 Å². The first-order valence-corrected chi connectivity index (χ1v) is 7.34. The van der Waals surface area contributed by atoms with Crippen LogP contribution in [-0.2, 0) is 0 Å². The van der Waals surface area contributed by atoms with E-state index in [1.165, 1.54) is 19.4 Å². The van der Waals surface area contributed by atoms with Crippen LogP contribution in [-0.4, -0.2) is 63.3 Å². The van der Waals surface area contributed by atoms with E-state index in [1.54, 1.807) is 7.11 Å². The Morgan fingerprint density at radius 1 is 1.30 bits per heavy atom. The van der Waals surface area contributed by atoms with Crippen LogP contribution in [0.5, 0.6) is 11.5 Å². The number of nitrogens with zero attached hydrogens (tertiary/aromatic N) is 2. The Kier molecular flexibility index (Phi) is 5.68. The van der Waals surface area contributed by atoms with Crippen LogP contribution in [0.2, 0.25) is 0 Å². The van der Waals surface area contributed by atoms with Gasteiger partial charge in [0, 0.05) is 25.2 Å². The standard InChI is InChI=1S/C16H26N2O2/c1-17(2)14-6-5-9-18(13-14)10-11-20-16-8-4-7-15(12-16)19-3/h4,7-8,12,14H,5-6,9-11,13H2,1-3H3/t14-/m1/s1. The molecule has 0 aliphatic carbocycles. The zero-order valence-corrected chi connectivity index (χ0v) is 12.8. The van der Waals surface area contributed by atoms with Crippen molar-refractivity contribution in [2.75, 3.05) is 47.4 Å². The van der Waals surface area contributed by atoms with Gasteiger partial charge in [0.05, 0.1) is 7.11 Å². The highest BCUT2D eigenvalue weighted by atomic mass is 16.5. The molecule has 0 radical (unpaired) electrons. The van der Waals surface area contributed by atoms with Gasteiger partial charge >= 0.3 is 0 Å². The van der Waals surface area contributed by atoms with Gasteiger partial charge in [-0.3, -0.25) is 4.90 Å². The third-order valence-electron chi connectivity index (χ3n) is 3.93. The van der Waals surface area contributed by atoms with E-state index in [2.05, 4.69) is 23.9 Å². The molecule has 2 rings (SSSR count). The van der Waals surface area contributed by atoms with E-state index in [0.717, 1.165) is 31.2 Å². The molecule has 1 fully saturated rings. The molecule has 1 aromatic rings. The lowest BCUT2D eigenvalue weighted by atomic mass is 10.1. The van der Waals surface area contributed by atoms with E-state index < -0.39 is 0 Å². The molecule has 20 heavy (non-hydrogen) atoms. The molecule has 0 unspecified atom stereocenters. The number of rotatable bonds is 6. The average molecular weight is 278 g/mol. The number of piperidine rings is 1. The molecular weight excluding hydrogens is 252 g/mol. The van der Waals surface area contributed by atoms with Gasteiger partial charge in [0.2, 0.25) is 0 Å². The SMILES string of the molecule is COc1cccc(OCCN2CCC[C@@H](N(C)C)C2)c1. The molecule has 1 aromatic carbocycles. The molecule has 4 nitrogen and oxygen atoms in total. The highest BCUT2D eigenvalue weighted by Crippen LogP contribution is 2.19. The summed E-state index contributed by atoms with van der Waals surface area (Å²) in [7, 11) is 6.01. The molecule has 1 atom stereocenters. The molecule has 0 aromatic heterocycles. The van der Waals surface area contributed by atoms with Crippen molar-refractivity contribution in [2.45, 2.75) is 18.9 Å². The lowest BCUT2D eigenvalue weighted by molar-refractivity contribution is 0.117. The minimum absolute atomic E-state index is 0.681. The highest BCUT2D eigenvalue weighted by molar-refractivity contribution is 5.32. The number of hydrogen-bond donors (Lipinski definition) is 0. The Morgan fingerprint density at radius 2 is 2.10 bits per heavy atom. The second kappa shape index (κ2) is 7.50. The van der Waals surface area contributed by atoms with E-state index in [9.17, 15) is 0 Å². The van der Waals surface area contributed by atoms with Crippen LogP contribution in [0.25, 0.3) is 0 Å². The van der Waals surface area contributed by atoms with Crippen molar-refractivity contribution in [3.05, 3.63) is 24.3 Å². The highest BCUT2D eigenvalue weighted by Gasteiger charge is 2.20. The molecule has 1 aliphatic rings. The Balaban J connectivity index is 1.75. The Labute approximate surface area is 122 Å². The van der Waals surface area contributed by atoms with Gasteiger partial charge in [0.25, 0.3) is 0 Å². The van der Waals surface area contributed by atoms with E-state index in [4.69, 9.17) is 9.47 Å². The van der Waals surface area contributed by atoms with E-state index in [-0.39, 0.29) is 0 Å². The summed E-state index contributed by atoms with van der Waals surface area (Å²) in [5.41, 5.74) is 0. The molecule has 1 saturated heterocycles. The van der Waals surface area contributed by atoms with Gasteiger partial charge in [-0.25, -0.2) is 0 Å². The number of hydrogen-bond acceptors (Lipinski definition) is 4. The Hall–Kier alpha value is -1.26. The van der Waals surface area contributed by atoms with Gasteiger partial charge in [-0.2, -0.15) is 0 Å². The fraction of sp³-hybridized carbons (Fsp3) is 0.625. The molecule has 0 amide bonds. The largest absolute Gasteiger partial charge is 0.497 e. The predicted molar refractivity (Wildman–Crippen MR) is 81.6 cm³/mol. The third kappa shape index (κ3) is 4.39. The first kappa shape index (κ1) is 15.1. The molecule has 0 N–H and O–H groups in total. The molecule has 1 heterocycles. The van der Waals surface area contributed by atoms with Crippen LogP contribution in [0.4, 0.5) is 0 Å². The fourth-order valence-electron chi connectivity index (χ4n) is 2.64. The van der Waals surface area contributed by atoms with Crippen molar-refractivity contribution in [3.63, 3.8) is 0 Å². The number of methoxy groups -OCH3 is 1. The lowest BCUT2D eigenvalue weighted by Gasteiger charge is -2.36. The maximum absolute atomic E-state index is 5.81. The molecule has 0 saturated carbocycles. The van der Waals surface area contributed by atoms with Gasteiger partial charge in [0.15, 0.2) is 0 Å². The molecule has 0 spiro atoms. The zero-order valence-electron chi connectivity index (χ0n) is 12.8. The van der Waals surface area contributed by atoms with Crippen LogP contribution < -0.4 is 9.47 Å². The summed E-state index contributed by atoms with van der Waals surface area (Å²) in [5.74, 6) is 1.72. The van der Waals surface area contributed by atoms with Gasteiger partial charge in [0.1, 0.15) is 18.1 Å². The second-order valence-corrected chi connectivity index (χ2v) is 5.59. The van der Waals surface area contributed by atoms with Crippen molar-refractivity contribution in [1.82, 2.24) is 9.80 Å². The van der Waals surface area contributed by atoms with E-state index in [0.29, 0.717) is 6.04 Å². The summed E-state index contributed by atoms with van der Waals surface area (Å²) < 4.78 is 11.0. The number of likely N-dealkylation sites (tertiary alicyclic amines) is 1. The van der Waals surface area contributed by atoms with Gasteiger partial charge < -0.3 is 14.4 Å². The first-order chi connectivity index (χ1) is 9.69. The minimum Gasteiger partial charge on any atom is -0.497 e. The van der Waals surface area contributed by atoms with E-state index >= 15 is 0 Å². The molecule has 0 bridgehead atoms. The molecule has 112 valence electrons. The number of ether oxygens (including phenoxy) is 2. The lowest BCUT2D eigenvalue weighted by Crippen LogP contribution is -2.46. The summed E-state index contributed by atoms with van der Waals surface area (Å²) in [4.78, 5) is 4.82. The monoisotopic (exact) mass is 278 g/mol. The Bertz CT molecular complexity index is 409. The summed E-state index contributed by atoms with van der Waals surface area (Å²) in [6.07, 6.45) is 2.59. The van der Waals surface area contributed by atoms with Crippen LogP contribution >= 0.6 is 0 Å². The molecule has 1 aliphatic heterocycles. The maximum atomic E-state index is 5.81. The first-order valence-electron chi connectivity index (χ1n) is 7.34. The van der Waals surface area contributed by atoms with Crippen LogP contribution in [0.3, 0.4) is 0 Å². The topological polar surface area (TPSA) is 24.9 Å². The second-order valence-electron chi connectivity index (χ2n) is 5.59. The van der Waals surface area contributed by atoms with E-state index in [1.807, 2.05) is 24.3 Å². The number of benzene rings is 1. The summed E-state index contributed by atoms with van der Waals surface area (Å²) in [6, 6.07) is 8.47. The predicted octanol–water partition coefficient (Wildman–Crippen LogP) is 2.10. The van der Waals surface area contributed by atoms with Crippen molar-refractivity contribution in [3.8, 4) is 11.5 Å². The average Bonchev–Trinajstić information content (AvgIpc) is 2.48. The van der Waals surface area contributed by atoms with Gasteiger partial charge in [-0.1, -0.05) is 6.07 Å². The normalized spacial score (nSPS) is 20.1. The summed E-state index contributed by atoms with van der Waals surface area (Å²) in [6.45, 7) is 4.05. The smallest absolute Gasteiger partial charge is 0.123 e. The Morgan fingerprint density at radius 3 is 2.85 bits per heavy atom. The fourth-order valence-corrected chi connectivity index (χ4v) is 2.64. The molecule has 4 heteroatoms. The quantitative estimate of drug-likeness (QED) is 0.795. The van der Waals surface area contributed by atoms with Crippen LogP contribution in [0.1, 0.15) is 12.8 Å². The van der Waals surface area contributed by atoms with Gasteiger partial charge in [-0.05, 0) is 45.6 Å². The minimum atomic E-state index is 0.681. The zero-order chi connectivity index (χ0) is 14.4. The molecular formula is C16H26N2O2. The van der Waals surface area contributed by atoms with Crippen molar-refractivity contribution in [2.24, 2.45) is 0 Å². The summed E-state index contributed by atoms with van der Waals surface area (Å²) in [5, 5.41) is 0. The maximum Gasteiger partial charge on any atom is 0.123 e. The number of likely N-dealkylation sites (N-methyl/N-ethyl adjacent to an activating group) is 1. The third-order valence-corrected chi connectivity index (χ3v) is 3.93. The summed E-state index contributed by atoms with van der Waals surface area (Å²) >= 11 is 0. The van der Waals surface area contributed by atoms with Crippen molar-refractivity contribution in [1.29, 1.82) is 0 Å².